The van der Waals surface area contributed by atoms with Crippen molar-refractivity contribution in [2.24, 2.45) is 0 Å². The standard InChI is InChI=1S/C16H22N2O4S/c1-16-6-5-14(19)18(16)13(11-23-16)15(20)17-7-3-8-21-10-12-4-2-9-22-12/h2,4,9,13H,3,5-8,10-11H2,1H3,(H,17,20). The number of fused-ring (bicyclic) bond motifs is 1. The fraction of sp³-hybridized carbons (Fsp3) is 0.625. The van der Waals surface area contributed by atoms with Crippen molar-refractivity contribution in [1.82, 2.24) is 10.2 Å². The molecular weight excluding hydrogens is 316 g/mol. The maximum atomic E-state index is 12.3. The summed E-state index contributed by atoms with van der Waals surface area (Å²) in [5, 5.41) is 2.92. The molecule has 0 bridgehead atoms. The average Bonchev–Trinajstić information content (AvgIpc) is 3.21. The molecule has 0 aliphatic carbocycles. The predicted octanol–water partition coefficient (Wildman–Crippen LogP) is 1.76. The summed E-state index contributed by atoms with van der Waals surface area (Å²) < 4.78 is 10.6. The predicted molar refractivity (Wildman–Crippen MR) is 86.7 cm³/mol. The Morgan fingerprint density at radius 2 is 2.48 bits per heavy atom. The molecule has 1 aromatic rings. The third-order valence-electron chi connectivity index (χ3n) is 4.34. The number of nitrogens with zero attached hydrogens (tertiary/aromatic N) is 1. The van der Waals surface area contributed by atoms with Crippen LogP contribution in [0.25, 0.3) is 0 Å². The van der Waals surface area contributed by atoms with Crippen molar-refractivity contribution in [3.8, 4) is 0 Å². The summed E-state index contributed by atoms with van der Waals surface area (Å²) in [5.41, 5.74) is 0. The molecule has 23 heavy (non-hydrogen) atoms. The summed E-state index contributed by atoms with van der Waals surface area (Å²) in [7, 11) is 0. The molecule has 3 rings (SSSR count). The topological polar surface area (TPSA) is 71.8 Å². The number of amides is 2. The van der Waals surface area contributed by atoms with Gasteiger partial charge < -0.3 is 19.4 Å². The van der Waals surface area contributed by atoms with Crippen molar-refractivity contribution >= 4 is 23.6 Å². The molecule has 1 N–H and O–H groups in total. The first-order valence-corrected chi connectivity index (χ1v) is 8.93. The van der Waals surface area contributed by atoms with E-state index >= 15 is 0 Å². The van der Waals surface area contributed by atoms with E-state index < -0.39 is 0 Å². The lowest BCUT2D eigenvalue weighted by Crippen LogP contribution is -2.50. The number of hydrogen-bond acceptors (Lipinski definition) is 5. The Labute approximate surface area is 139 Å². The molecular formula is C16H22N2O4S. The molecule has 2 aliphatic rings. The average molecular weight is 338 g/mol. The maximum Gasteiger partial charge on any atom is 0.243 e. The van der Waals surface area contributed by atoms with Crippen LogP contribution in [0.1, 0.15) is 31.9 Å². The molecule has 126 valence electrons. The minimum atomic E-state index is -0.330. The summed E-state index contributed by atoms with van der Waals surface area (Å²) in [4.78, 5) is 25.9. The third kappa shape index (κ3) is 3.55. The van der Waals surface area contributed by atoms with E-state index in [1.807, 2.05) is 12.1 Å². The second kappa shape index (κ2) is 6.97. The SMILES string of the molecule is CC12CCC(=O)N1C(C(=O)NCCCOCc1ccco1)CS2. The van der Waals surface area contributed by atoms with Gasteiger partial charge in [0.05, 0.1) is 11.1 Å². The molecule has 2 fully saturated rings. The van der Waals surface area contributed by atoms with E-state index in [4.69, 9.17) is 9.15 Å². The molecule has 7 heteroatoms. The molecule has 0 saturated carbocycles. The molecule has 1 aromatic heterocycles. The van der Waals surface area contributed by atoms with Crippen molar-refractivity contribution in [2.45, 2.75) is 43.7 Å². The number of furan rings is 1. The van der Waals surface area contributed by atoms with E-state index in [1.54, 1.807) is 22.9 Å². The highest BCUT2D eigenvalue weighted by molar-refractivity contribution is 8.01. The highest BCUT2D eigenvalue weighted by Crippen LogP contribution is 2.47. The number of carbonyl (C=O) groups is 2. The molecule has 2 aliphatic heterocycles. The smallest absolute Gasteiger partial charge is 0.243 e. The van der Waals surface area contributed by atoms with E-state index in [1.165, 1.54) is 0 Å². The van der Waals surface area contributed by atoms with Gasteiger partial charge in [-0.2, -0.15) is 0 Å². The molecule has 3 heterocycles. The second-order valence-electron chi connectivity index (χ2n) is 6.04. The van der Waals surface area contributed by atoms with Gasteiger partial charge in [0.15, 0.2) is 0 Å². The van der Waals surface area contributed by atoms with Crippen LogP contribution in [-0.2, 0) is 20.9 Å². The van der Waals surface area contributed by atoms with Gasteiger partial charge in [0.1, 0.15) is 18.4 Å². The van der Waals surface area contributed by atoms with Crippen LogP contribution in [0, 0.1) is 0 Å². The van der Waals surface area contributed by atoms with Gasteiger partial charge in [-0.15, -0.1) is 11.8 Å². The lowest BCUT2D eigenvalue weighted by Gasteiger charge is -2.29. The molecule has 0 radical (unpaired) electrons. The van der Waals surface area contributed by atoms with Crippen molar-refractivity contribution in [2.75, 3.05) is 18.9 Å². The Morgan fingerprint density at radius 1 is 1.61 bits per heavy atom. The lowest BCUT2D eigenvalue weighted by molar-refractivity contribution is -0.137. The molecule has 0 spiro atoms. The molecule has 0 aromatic carbocycles. The zero-order valence-corrected chi connectivity index (χ0v) is 14.1. The highest BCUT2D eigenvalue weighted by atomic mass is 32.2. The Balaban J connectivity index is 1.36. The first kappa shape index (κ1) is 16.4. The van der Waals surface area contributed by atoms with Crippen molar-refractivity contribution < 1.29 is 18.7 Å². The van der Waals surface area contributed by atoms with Crippen molar-refractivity contribution in [1.29, 1.82) is 0 Å². The van der Waals surface area contributed by atoms with E-state index in [9.17, 15) is 9.59 Å². The van der Waals surface area contributed by atoms with Gasteiger partial charge >= 0.3 is 0 Å². The third-order valence-corrected chi connectivity index (χ3v) is 5.84. The summed E-state index contributed by atoms with van der Waals surface area (Å²) >= 11 is 1.71. The Kier molecular flexibility index (Phi) is 4.96. The van der Waals surface area contributed by atoms with E-state index in [0.29, 0.717) is 31.9 Å². The first-order chi connectivity index (χ1) is 11.1. The minimum Gasteiger partial charge on any atom is -0.467 e. The van der Waals surface area contributed by atoms with Gasteiger partial charge in [0.2, 0.25) is 11.8 Å². The normalized spacial score (nSPS) is 26.6. The summed E-state index contributed by atoms with van der Waals surface area (Å²) in [5.74, 6) is 1.52. The van der Waals surface area contributed by atoms with Gasteiger partial charge in [-0.05, 0) is 31.9 Å². The zero-order chi connectivity index (χ0) is 16.3. The van der Waals surface area contributed by atoms with E-state index in [2.05, 4.69) is 12.2 Å². The molecule has 2 atom stereocenters. The molecule has 2 amide bonds. The van der Waals surface area contributed by atoms with Gasteiger partial charge in [-0.3, -0.25) is 9.59 Å². The Morgan fingerprint density at radius 3 is 3.26 bits per heavy atom. The molecule has 2 unspecified atom stereocenters. The van der Waals surface area contributed by atoms with Crippen LogP contribution in [0.4, 0.5) is 0 Å². The van der Waals surface area contributed by atoms with Crippen LogP contribution in [0.5, 0.6) is 0 Å². The number of carbonyl (C=O) groups excluding carboxylic acids is 2. The van der Waals surface area contributed by atoms with Crippen molar-refractivity contribution in [3.05, 3.63) is 24.2 Å². The molecule has 6 nitrogen and oxygen atoms in total. The van der Waals surface area contributed by atoms with Crippen LogP contribution >= 0.6 is 11.8 Å². The summed E-state index contributed by atoms with van der Waals surface area (Å²) in [6, 6.07) is 3.36. The number of nitrogens with one attached hydrogen (secondary N) is 1. The fourth-order valence-electron chi connectivity index (χ4n) is 3.09. The first-order valence-electron chi connectivity index (χ1n) is 7.94. The number of ether oxygens (including phenoxy) is 1. The number of hydrogen-bond donors (Lipinski definition) is 1. The van der Waals surface area contributed by atoms with Gasteiger partial charge in [0.25, 0.3) is 0 Å². The summed E-state index contributed by atoms with van der Waals surface area (Å²) in [6.07, 6.45) is 3.73. The van der Waals surface area contributed by atoms with Crippen LogP contribution in [0.2, 0.25) is 0 Å². The highest BCUT2D eigenvalue weighted by Gasteiger charge is 2.52. The van der Waals surface area contributed by atoms with Gasteiger partial charge in [0, 0.05) is 25.3 Å². The number of thioether (sulfide) groups is 1. The van der Waals surface area contributed by atoms with E-state index in [-0.39, 0.29) is 22.7 Å². The zero-order valence-electron chi connectivity index (χ0n) is 13.2. The minimum absolute atomic E-state index is 0.0532. The second-order valence-corrected chi connectivity index (χ2v) is 7.54. The monoisotopic (exact) mass is 338 g/mol. The number of rotatable bonds is 7. The van der Waals surface area contributed by atoms with Gasteiger partial charge in [-0.25, -0.2) is 0 Å². The van der Waals surface area contributed by atoms with E-state index in [0.717, 1.165) is 18.6 Å². The maximum absolute atomic E-state index is 12.3. The Bertz CT molecular complexity index is 562. The van der Waals surface area contributed by atoms with Crippen LogP contribution in [0.3, 0.4) is 0 Å². The van der Waals surface area contributed by atoms with Crippen LogP contribution in [-0.4, -0.2) is 46.5 Å². The fourth-order valence-corrected chi connectivity index (χ4v) is 4.52. The summed E-state index contributed by atoms with van der Waals surface area (Å²) in [6.45, 7) is 3.61. The lowest BCUT2D eigenvalue weighted by atomic mass is 10.2. The van der Waals surface area contributed by atoms with Crippen LogP contribution in [0.15, 0.2) is 22.8 Å². The quantitative estimate of drug-likeness (QED) is 0.767. The van der Waals surface area contributed by atoms with Crippen LogP contribution < -0.4 is 5.32 Å². The largest absolute Gasteiger partial charge is 0.467 e. The van der Waals surface area contributed by atoms with Crippen molar-refractivity contribution in [3.63, 3.8) is 0 Å². The molecule has 2 saturated heterocycles. The Hall–Kier alpha value is -1.47. The van der Waals surface area contributed by atoms with Gasteiger partial charge in [-0.1, -0.05) is 0 Å².